The first-order valence-electron chi connectivity index (χ1n) is 15.7. The topological polar surface area (TPSA) is 188 Å². The predicted octanol–water partition coefficient (Wildman–Crippen LogP) is 3.43. The molecule has 13 heteroatoms. The van der Waals surface area contributed by atoms with E-state index in [1.54, 1.807) is 40.0 Å². The standard InChI is InChI=1S/C36H43N5O8/c1-36(2,3)49-35(46)41-32(37)26-12-14-27(15-13-26)33(44)38-21-19-30(42)40-29(22-31(43)48-23-25-8-6-5-7-9-25)34(45)39-20-18-24-10-16-28(47-4)17-11-24/h5-17,29H,18-23H2,1-4H3,(H,38,44)(H,39,45)(H,40,42)(H2,37,41,46)/t29-/m0/s1. The summed E-state index contributed by atoms with van der Waals surface area (Å²) in [6.07, 6.45) is -0.854. The fraction of sp³-hybridized carbons (Fsp3) is 0.333. The van der Waals surface area contributed by atoms with Crippen LogP contribution < -0.4 is 26.4 Å². The van der Waals surface area contributed by atoms with Crippen molar-refractivity contribution in [2.45, 2.75) is 58.3 Å². The third-order valence-corrected chi connectivity index (χ3v) is 6.82. The van der Waals surface area contributed by atoms with Crippen LogP contribution in [-0.4, -0.2) is 67.5 Å². The molecule has 13 nitrogen and oxygen atoms in total. The maximum Gasteiger partial charge on any atom is 0.436 e. The first-order chi connectivity index (χ1) is 23.3. The van der Waals surface area contributed by atoms with Crippen LogP contribution in [0.1, 0.15) is 60.7 Å². The molecule has 49 heavy (non-hydrogen) atoms. The van der Waals surface area contributed by atoms with Crippen molar-refractivity contribution in [1.82, 2.24) is 16.0 Å². The van der Waals surface area contributed by atoms with Gasteiger partial charge in [0.1, 0.15) is 29.8 Å². The molecule has 4 amide bonds. The summed E-state index contributed by atoms with van der Waals surface area (Å²) in [5.74, 6) is -1.57. The van der Waals surface area contributed by atoms with Crippen LogP contribution in [0.4, 0.5) is 4.79 Å². The van der Waals surface area contributed by atoms with Crippen LogP contribution in [0, 0.1) is 0 Å². The van der Waals surface area contributed by atoms with E-state index in [2.05, 4.69) is 20.9 Å². The Morgan fingerprint density at radius 1 is 0.816 bits per heavy atom. The summed E-state index contributed by atoms with van der Waals surface area (Å²) in [5.41, 5.74) is 7.61. The van der Waals surface area contributed by atoms with Gasteiger partial charge in [-0.1, -0.05) is 54.6 Å². The molecular weight excluding hydrogens is 630 g/mol. The van der Waals surface area contributed by atoms with Crippen LogP contribution in [0.2, 0.25) is 0 Å². The normalized spacial score (nSPS) is 11.9. The van der Waals surface area contributed by atoms with E-state index in [1.165, 1.54) is 24.3 Å². The zero-order valence-electron chi connectivity index (χ0n) is 28.1. The van der Waals surface area contributed by atoms with Crippen LogP contribution in [0.5, 0.6) is 5.75 Å². The molecule has 0 fully saturated rings. The smallest absolute Gasteiger partial charge is 0.436 e. The fourth-order valence-corrected chi connectivity index (χ4v) is 4.32. The molecule has 0 saturated carbocycles. The second kappa shape index (κ2) is 18.6. The van der Waals surface area contributed by atoms with Crippen LogP contribution >= 0.6 is 0 Å². The Morgan fingerprint density at radius 2 is 1.47 bits per heavy atom. The van der Waals surface area contributed by atoms with Crippen LogP contribution in [0.25, 0.3) is 0 Å². The number of hydrogen-bond donors (Lipinski definition) is 4. The second-order valence-corrected chi connectivity index (χ2v) is 11.9. The Hall–Kier alpha value is -5.72. The summed E-state index contributed by atoms with van der Waals surface area (Å²) < 4.78 is 15.6. The fourth-order valence-electron chi connectivity index (χ4n) is 4.32. The number of methoxy groups -OCH3 is 1. The van der Waals surface area contributed by atoms with Crippen molar-refractivity contribution in [2.75, 3.05) is 20.2 Å². The number of rotatable bonds is 15. The van der Waals surface area contributed by atoms with Crippen LogP contribution in [0.3, 0.4) is 0 Å². The average molecular weight is 674 g/mol. The van der Waals surface area contributed by atoms with Gasteiger partial charge < -0.3 is 35.9 Å². The first-order valence-corrected chi connectivity index (χ1v) is 15.7. The van der Waals surface area contributed by atoms with Gasteiger partial charge in [-0.05, 0) is 62.6 Å². The van der Waals surface area contributed by atoms with E-state index < -0.39 is 41.4 Å². The van der Waals surface area contributed by atoms with Gasteiger partial charge in [0.15, 0.2) is 0 Å². The monoisotopic (exact) mass is 673 g/mol. The lowest BCUT2D eigenvalue weighted by molar-refractivity contribution is -0.147. The van der Waals surface area contributed by atoms with Crippen molar-refractivity contribution >= 4 is 35.6 Å². The number of nitrogens with one attached hydrogen (secondary N) is 3. The quantitative estimate of drug-likeness (QED) is 0.106. The van der Waals surface area contributed by atoms with Gasteiger partial charge in [-0.3, -0.25) is 19.2 Å². The van der Waals surface area contributed by atoms with Gasteiger partial charge in [-0.15, -0.1) is 0 Å². The molecule has 3 aromatic carbocycles. The molecule has 0 heterocycles. The van der Waals surface area contributed by atoms with Crippen molar-refractivity contribution in [3.8, 4) is 5.75 Å². The van der Waals surface area contributed by atoms with E-state index in [4.69, 9.17) is 19.9 Å². The van der Waals surface area contributed by atoms with Crippen LogP contribution in [-0.2, 0) is 36.9 Å². The molecule has 0 aliphatic rings. The van der Waals surface area contributed by atoms with Gasteiger partial charge in [-0.2, -0.15) is 4.99 Å². The molecule has 0 aromatic heterocycles. The minimum atomic E-state index is -1.19. The molecule has 0 bridgehead atoms. The number of benzene rings is 3. The number of nitrogens with two attached hydrogens (primary N) is 1. The van der Waals surface area contributed by atoms with E-state index >= 15 is 0 Å². The lowest BCUT2D eigenvalue weighted by Gasteiger charge is -2.18. The van der Waals surface area contributed by atoms with Gasteiger partial charge in [-0.25, -0.2) is 4.79 Å². The molecule has 0 unspecified atom stereocenters. The molecule has 0 saturated heterocycles. The summed E-state index contributed by atoms with van der Waals surface area (Å²) in [5, 5.41) is 8.00. The van der Waals surface area contributed by atoms with Gasteiger partial charge in [0.2, 0.25) is 11.8 Å². The summed E-state index contributed by atoms with van der Waals surface area (Å²) in [4.78, 5) is 66.8. The second-order valence-electron chi connectivity index (χ2n) is 11.9. The number of nitrogens with zero attached hydrogens (tertiary/aromatic N) is 1. The molecule has 0 aliphatic heterocycles. The highest BCUT2D eigenvalue weighted by Crippen LogP contribution is 2.12. The maximum absolute atomic E-state index is 13.1. The molecule has 0 radical (unpaired) electrons. The number of amides is 4. The highest BCUT2D eigenvalue weighted by molar-refractivity contribution is 6.03. The third-order valence-electron chi connectivity index (χ3n) is 6.82. The Morgan fingerprint density at radius 3 is 2.10 bits per heavy atom. The SMILES string of the molecule is COc1ccc(CCNC(=O)[C@H](CC(=O)OCc2ccccc2)NC(=O)CCNC(=O)c2ccc(C(N)=NC(=O)OC(C)(C)C)cc2)cc1. The molecule has 0 aliphatic carbocycles. The maximum atomic E-state index is 13.1. The van der Waals surface area contributed by atoms with Crippen molar-refractivity contribution in [3.63, 3.8) is 0 Å². The third kappa shape index (κ3) is 13.9. The predicted molar refractivity (Wildman–Crippen MR) is 183 cm³/mol. The summed E-state index contributed by atoms with van der Waals surface area (Å²) in [6.45, 7) is 5.37. The number of esters is 1. The van der Waals surface area contributed by atoms with Crippen LogP contribution in [0.15, 0.2) is 83.9 Å². The molecule has 3 aromatic rings. The number of carbonyl (C=O) groups is 5. The molecule has 0 spiro atoms. The van der Waals surface area contributed by atoms with E-state index in [-0.39, 0.29) is 43.9 Å². The van der Waals surface area contributed by atoms with Crippen molar-refractivity contribution in [3.05, 3.63) is 101 Å². The van der Waals surface area contributed by atoms with E-state index in [1.807, 2.05) is 42.5 Å². The lowest BCUT2D eigenvalue weighted by atomic mass is 10.1. The minimum Gasteiger partial charge on any atom is -0.497 e. The van der Waals surface area contributed by atoms with E-state index in [0.29, 0.717) is 17.7 Å². The molecule has 1 atom stereocenters. The molecular formula is C36H43N5O8. The summed E-state index contributed by atoms with van der Waals surface area (Å²) >= 11 is 0. The number of ether oxygens (including phenoxy) is 3. The molecule has 3 rings (SSSR count). The number of hydrogen-bond acceptors (Lipinski definition) is 8. The van der Waals surface area contributed by atoms with Crippen molar-refractivity contribution < 1.29 is 38.2 Å². The number of amidine groups is 1. The van der Waals surface area contributed by atoms with E-state index in [9.17, 15) is 24.0 Å². The Bertz CT molecular complexity index is 1600. The first kappa shape index (κ1) is 37.7. The van der Waals surface area contributed by atoms with E-state index in [0.717, 1.165) is 11.1 Å². The van der Waals surface area contributed by atoms with Crippen molar-refractivity contribution in [2.24, 2.45) is 10.7 Å². The molecule has 260 valence electrons. The zero-order valence-corrected chi connectivity index (χ0v) is 28.1. The summed E-state index contributed by atoms with van der Waals surface area (Å²) in [7, 11) is 1.58. The Labute approximate surface area is 285 Å². The highest BCUT2D eigenvalue weighted by Gasteiger charge is 2.25. The number of aliphatic imine (C=N–C) groups is 1. The van der Waals surface area contributed by atoms with Gasteiger partial charge in [0, 0.05) is 30.6 Å². The summed E-state index contributed by atoms with van der Waals surface area (Å²) in [6, 6.07) is 21.3. The van der Waals surface area contributed by atoms with Gasteiger partial charge >= 0.3 is 12.1 Å². The zero-order chi connectivity index (χ0) is 35.8. The van der Waals surface area contributed by atoms with Gasteiger partial charge in [0.25, 0.3) is 5.91 Å². The Balaban J connectivity index is 1.53. The number of carbonyl (C=O) groups excluding carboxylic acids is 5. The Kier molecular flexibility index (Phi) is 14.3. The molecule has 5 N–H and O–H groups in total. The largest absolute Gasteiger partial charge is 0.497 e. The van der Waals surface area contributed by atoms with Gasteiger partial charge in [0.05, 0.1) is 13.5 Å². The minimum absolute atomic E-state index is 0.0234. The van der Waals surface area contributed by atoms with Crippen molar-refractivity contribution in [1.29, 1.82) is 0 Å². The lowest BCUT2D eigenvalue weighted by Crippen LogP contribution is -2.48. The average Bonchev–Trinajstić information content (AvgIpc) is 3.07. The highest BCUT2D eigenvalue weighted by atomic mass is 16.6.